The number of methoxy groups -OCH3 is 1. The highest BCUT2D eigenvalue weighted by Gasteiger charge is 2.24. The second-order valence-corrected chi connectivity index (χ2v) is 3.70. The molecule has 14 heavy (non-hydrogen) atoms. The largest absolute Gasteiger partial charge is 0.453 e. The predicted octanol–water partition coefficient (Wildman–Crippen LogP) is 1.49. The van der Waals surface area contributed by atoms with Crippen LogP contribution in [0.3, 0.4) is 0 Å². The number of hydrogen-bond donors (Lipinski definition) is 1. The van der Waals surface area contributed by atoms with Crippen LogP contribution < -0.4 is 5.32 Å². The maximum Gasteiger partial charge on any atom is 0.407 e. The Morgan fingerprint density at radius 1 is 1.43 bits per heavy atom. The van der Waals surface area contributed by atoms with Gasteiger partial charge in [0.15, 0.2) is 0 Å². The van der Waals surface area contributed by atoms with E-state index in [1.165, 1.54) is 13.5 Å². The Balaban J connectivity index is 2.43. The minimum Gasteiger partial charge on any atom is -0.453 e. The van der Waals surface area contributed by atoms with E-state index in [0.29, 0.717) is 5.92 Å². The lowest BCUT2D eigenvalue weighted by molar-refractivity contribution is -0.110. The summed E-state index contributed by atoms with van der Waals surface area (Å²) in [4.78, 5) is 21.7. The number of amides is 1. The van der Waals surface area contributed by atoms with Gasteiger partial charge in [-0.05, 0) is 18.8 Å². The molecule has 1 N–H and O–H groups in total. The highest BCUT2D eigenvalue weighted by molar-refractivity contribution is 5.73. The minimum atomic E-state index is -0.521. The summed E-state index contributed by atoms with van der Waals surface area (Å²) >= 11 is 0. The standard InChI is InChI=1S/C10H17NO3/c1-14-10(13)11-9(7-12)8-5-3-2-4-6-8/h7-9H,2-6H2,1H3,(H,11,13)/t9-/m1/s1. The highest BCUT2D eigenvalue weighted by Crippen LogP contribution is 2.25. The average Bonchev–Trinajstić information content (AvgIpc) is 2.26. The quantitative estimate of drug-likeness (QED) is 0.700. The van der Waals surface area contributed by atoms with E-state index >= 15 is 0 Å². The molecule has 0 spiro atoms. The van der Waals surface area contributed by atoms with E-state index in [1.54, 1.807) is 0 Å². The molecule has 0 saturated heterocycles. The Morgan fingerprint density at radius 3 is 2.57 bits per heavy atom. The van der Waals surface area contributed by atoms with Gasteiger partial charge in [-0.25, -0.2) is 4.79 Å². The maximum atomic E-state index is 10.9. The molecule has 4 nitrogen and oxygen atoms in total. The molecule has 1 rings (SSSR count). The average molecular weight is 199 g/mol. The fraction of sp³-hybridized carbons (Fsp3) is 0.800. The van der Waals surface area contributed by atoms with E-state index in [-0.39, 0.29) is 6.04 Å². The number of carbonyl (C=O) groups is 2. The summed E-state index contributed by atoms with van der Waals surface area (Å²) in [5.74, 6) is 0.292. The van der Waals surface area contributed by atoms with Gasteiger partial charge >= 0.3 is 6.09 Å². The first-order chi connectivity index (χ1) is 6.77. The van der Waals surface area contributed by atoms with Crippen LogP contribution in [-0.4, -0.2) is 25.5 Å². The molecule has 1 atom stereocenters. The monoisotopic (exact) mass is 199 g/mol. The van der Waals surface area contributed by atoms with Crippen molar-refractivity contribution in [3.8, 4) is 0 Å². The van der Waals surface area contributed by atoms with Gasteiger partial charge in [0.1, 0.15) is 6.29 Å². The van der Waals surface area contributed by atoms with Crippen molar-refractivity contribution in [2.45, 2.75) is 38.1 Å². The Bertz CT molecular complexity index is 200. The summed E-state index contributed by atoms with van der Waals surface area (Å²) in [6.45, 7) is 0. The zero-order valence-corrected chi connectivity index (χ0v) is 8.49. The topological polar surface area (TPSA) is 55.4 Å². The number of nitrogens with one attached hydrogen (secondary N) is 1. The molecule has 4 heteroatoms. The molecule has 1 saturated carbocycles. The first kappa shape index (κ1) is 11.0. The van der Waals surface area contributed by atoms with Crippen molar-refractivity contribution in [2.24, 2.45) is 5.92 Å². The van der Waals surface area contributed by atoms with Gasteiger partial charge in [-0.1, -0.05) is 19.3 Å². The van der Waals surface area contributed by atoms with E-state index < -0.39 is 6.09 Å². The lowest BCUT2D eigenvalue weighted by Crippen LogP contribution is -2.42. The van der Waals surface area contributed by atoms with Crippen molar-refractivity contribution in [2.75, 3.05) is 7.11 Å². The zero-order valence-electron chi connectivity index (χ0n) is 8.49. The van der Waals surface area contributed by atoms with Gasteiger partial charge in [0, 0.05) is 0 Å². The van der Waals surface area contributed by atoms with Crippen molar-refractivity contribution in [1.29, 1.82) is 0 Å². The summed E-state index contributed by atoms with van der Waals surface area (Å²) in [5.41, 5.74) is 0. The third kappa shape index (κ3) is 3.01. The fourth-order valence-corrected chi connectivity index (χ4v) is 1.95. The van der Waals surface area contributed by atoms with E-state index in [2.05, 4.69) is 10.1 Å². The van der Waals surface area contributed by atoms with Crippen LogP contribution in [0.25, 0.3) is 0 Å². The van der Waals surface area contributed by atoms with Gasteiger partial charge in [-0.2, -0.15) is 0 Å². The Labute approximate surface area is 84.0 Å². The van der Waals surface area contributed by atoms with Crippen molar-refractivity contribution >= 4 is 12.4 Å². The van der Waals surface area contributed by atoms with Crippen LogP contribution in [0.4, 0.5) is 4.79 Å². The number of rotatable bonds is 3. The SMILES string of the molecule is COC(=O)N[C@H](C=O)C1CCCCC1. The predicted molar refractivity (Wildman–Crippen MR) is 52.0 cm³/mol. The summed E-state index contributed by atoms with van der Waals surface area (Å²) < 4.78 is 4.46. The Kier molecular flexibility index (Phi) is 4.43. The van der Waals surface area contributed by atoms with Crippen molar-refractivity contribution in [3.05, 3.63) is 0 Å². The highest BCUT2D eigenvalue weighted by atomic mass is 16.5. The smallest absolute Gasteiger partial charge is 0.407 e. The Hall–Kier alpha value is -1.06. The van der Waals surface area contributed by atoms with E-state index in [0.717, 1.165) is 32.0 Å². The van der Waals surface area contributed by atoms with Crippen molar-refractivity contribution < 1.29 is 14.3 Å². The first-order valence-corrected chi connectivity index (χ1v) is 5.07. The van der Waals surface area contributed by atoms with Crippen LogP contribution >= 0.6 is 0 Å². The van der Waals surface area contributed by atoms with E-state index in [9.17, 15) is 9.59 Å². The molecule has 1 aliphatic carbocycles. The van der Waals surface area contributed by atoms with Crippen LogP contribution in [0.1, 0.15) is 32.1 Å². The van der Waals surface area contributed by atoms with Crippen molar-refractivity contribution in [1.82, 2.24) is 5.32 Å². The fourth-order valence-electron chi connectivity index (χ4n) is 1.95. The Morgan fingerprint density at radius 2 is 2.07 bits per heavy atom. The summed E-state index contributed by atoms with van der Waals surface area (Å²) in [5, 5.41) is 2.56. The van der Waals surface area contributed by atoms with Crippen LogP contribution in [0, 0.1) is 5.92 Å². The van der Waals surface area contributed by atoms with Gasteiger partial charge in [0.25, 0.3) is 0 Å². The molecule has 1 fully saturated rings. The summed E-state index contributed by atoms with van der Waals surface area (Å²) in [6, 6.07) is -0.372. The second-order valence-electron chi connectivity index (χ2n) is 3.70. The molecular weight excluding hydrogens is 182 g/mol. The van der Waals surface area contributed by atoms with Crippen LogP contribution in [0.2, 0.25) is 0 Å². The third-order valence-corrected chi connectivity index (χ3v) is 2.77. The molecule has 0 aromatic rings. The van der Waals surface area contributed by atoms with E-state index in [4.69, 9.17) is 0 Å². The van der Waals surface area contributed by atoms with E-state index in [1.807, 2.05) is 0 Å². The molecule has 0 radical (unpaired) electrons. The maximum absolute atomic E-state index is 10.9. The van der Waals surface area contributed by atoms with Crippen LogP contribution in [-0.2, 0) is 9.53 Å². The molecule has 0 bridgehead atoms. The van der Waals surface area contributed by atoms with Gasteiger partial charge in [-0.15, -0.1) is 0 Å². The normalized spacial score (nSPS) is 19.8. The molecule has 80 valence electrons. The molecule has 1 amide bonds. The van der Waals surface area contributed by atoms with Gasteiger partial charge in [0.2, 0.25) is 0 Å². The van der Waals surface area contributed by atoms with Gasteiger partial charge in [0.05, 0.1) is 13.2 Å². The third-order valence-electron chi connectivity index (χ3n) is 2.77. The summed E-state index contributed by atoms with van der Waals surface area (Å²) in [7, 11) is 1.30. The molecule has 0 heterocycles. The number of hydrogen-bond acceptors (Lipinski definition) is 3. The number of alkyl carbamates (subject to hydrolysis) is 1. The molecule has 0 aromatic heterocycles. The zero-order chi connectivity index (χ0) is 10.4. The molecule has 0 unspecified atom stereocenters. The number of aldehydes is 1. The lowest BCUT2D eigenvalue weighted by atomic mass is 9.84. The van der Waals surface area contributed by atoms with Gasteiger partial charge < -0.3 is 14.8 Å². The van der Waals surface area contributed by atoms with Crippen LogP contribution in [0.5, 0.6) is 0 Å². The second kappa shape index (κ2) is 5.62. The number of ether oxygens (including phenoxy) is 1. The van der Waals surface area contributed by atoms with Crippen LogP contribution in [0.15, 0.2) is 0 Å². The molecular formula is C10H17NO3. The molecule has 1 aliphatic rings. The first-order valence-electron chi connectivity index (χ1n) is 5.07. The number of carbonyl (C=O) groups excluding carboxylic acids is 2. The molecule has 0 aliphatic heterocycles. The lowest BCUT2D eigenvalue weighted by Gasteiger charge is -2.26. The summed E-state index contributed by atoms with van der Waals surface area (Å²) in [6.07, 6.45) is 5.87. The molecule has 0 aromatic carbocycles. The van der Waals surface area contributed by atoms with Gasteiger partial charge in [-0.3, -0.25) is 0 Å². The minimum absolute atomic E-state index is 0.292. The van der Waals surface area contributed by atoms with Crippen molar-refractivity contribution in [3.63, 3.8) is 0 Å².